The SMILES string of the molecule is C[Si](C)(C)C(=O)Cc1ccc(CC(=O)[Si](C)(C)C)cc1. The molecule has 0 aliphatic heterocycles. The molecule has 0 spiro atoms. The monoisotopic (exact) mass is 306 g/mol. The Morgan fingerprint density at radius 1 is 0.700 bits per heavy atom. The first-order valence-corrected chi connectivity index (χ1v) is 14.1. The molecule has 1 aromatic rings. The molecular formula is C16H26O2Si2. The van der Waals surface area contributed by atoms with Gasteiger partial charge >= 0.3 is 0 Å². The molecule has 1 rings (SSSR count). The lowest BCUT2D eigenvalue weighted by molar-refractivity contribution is -0.112. The van der Waals surface area contributed by atoms with Crippen molar-refractivity contribution in [2.45, 2.75) is 52.1 Å². The van der Waals surface area contributed by atoms with Gasteiger partial charge in [-0.25, -0.2) is 0 Å². The average Bonchev–Trinajstić information content (AvgIpc) is 2.29. The highest BCUT2D eigenvalue weighted by Gasteiger charge is 2.25. The molecule has 0 saturated heterocycles. The van der Waals surface area contributed by atoms with Crippen LogP contribution in [0.3, 0.4) is 0 Å². The minimum Gasteiger partial charge on any atom is -0.305 e. The largest absolute Gasteiger partial charge is 0.305 e. The number of hydrogen-bond donors (Lipinski definition) is 0. The quantitative estimate of drug-likeness (QED) is 0.752. The highest BCUT2D eigenvalue weighted by atomic mass is 28.3. The molecule has 0 saturated carbocycles. The average molecular weight is 307 g/mol. The van der Waals surface area contributed by atoms with Gasteiger partial charge in [-0.05, 0) is 11.1 Å². The Morgan fingerprint density at radius 3 is 1.15 bits per heavy atom. The molecule has 0 aromatic heterocycles. The summed E-state index contributed by atoms with van der Waals surface area (Å²) in [6.07, 6.45) is 1.05. The van der Waals surface area contributed by atoms with Crippen LogP contribution in [0, 0.1) is 0 Å². The second-order valence-electron chi connectivity index (χ2n) is 7.52. The smallest absolute Gasteiger partial charge is 0.124 e. The molecular weight excluding hydrogens is 280 g/mol. The predicted octanol–water partition coefficient (Wildman–Crippen LogP) is 3.66. The molecule has 0 atom stereocenters. The zero-order valence-corrected chi connectivity index (χ0v) is 15.5. The van der Waals surface area contributed by atoms with Crippen LogP contribution < -0.4 is 0 Å². The first-order valence-electron chi connectivity index (χ1n) is 7.14. The van der Waals surface area contributed by atoms with Crippen LogP contribution in [-0.2, 0) is 22.4 Å². The van der Waals surface area contributed by atoms with Crippen molar-refractivity contribution in [1.82, 2.24) is 0 Å². The van der Waals surface area contributed by atoms with E-state index in [0.29, 0.717) is 23.7 Å². The Labute approximate surface area is 124 Å². The van der Waals surface area contributed by atoms with Crippen molar-refractivity contribution in [2.24, 2.45) is 0 Å². The summed E-state index contributed by atoms with van der Waals surface area (Å²) < 4.78 is 0. The first kappa shape index (κ1) is 17.0. The zero-order chi connectivity index (χ0) is 15.6. The van der Waals surface area contributed by atoms with Crippen molar-refractivity contribution in [1.29, 1.82) is 0 Å². The van der Waals surface area contributed by atoms with Crippen LogP contribution in [0.15, 0.2) is 24.3 Å². The fourth-order valence-electron chi connectivity index (χ4n) is 1.68. The van der Waals surface area contributed by atoms with E-state index >= 15 is 0 Å². The van der Waals surface area contributed by atoms with Gasteiger partial charge in [0.1, 0.15) is 27.0 Å². The van der Waals surface area contributed by atoms with Crippen LogP contribution in [0.2, 0.25) is 39.3 Å². The maximum Gasteiger partial charge on any atom is 0.124 e. The minimum absolute atomic E-state index is 0.378. The second kappa shape index (κ2) is 6.18. The van der Waals surface area contributed by atoms with Crippen molar-refractivity contribution in [2.75, 3.05) is 0 Å². The van der Waals surface area contributed by atoms with Gasteiger partial charge in [0.2, 0.25) is 0 Å². The van der Waals surface area contributed by atoms with Crippen LogP contribution in [-0.4, -0.2) is 27.0 Å². The maximum absolute atomic E-state index is 12.0. The van der Waals surface area contributed by atoms with Gasteiger partial charge in [-0.3, -0.25) is 0 Å². The molecule has 0 amide bonds. The summed E-state index contributed by atoms with van der Waals surface area (Å²) in [5, 5.41) is 0.756. The highest BCUT2D eigenvalue weighted by molar-refractivity contribution is 7.03. The van der Waals surface area contributed by atoms with E-state index in [9.17, 15) is 9.59 Å². The van der Waals surface area contributed by atoms with Crippen LogP contribution in [0.4, 0.5) is 0 Å². The lowest BCUT2D eigenvalue weighted by atomic mass is 10.1. The van der Waals surface area contributed by atoms with E-state index in [1.54, 1.807) is 0 Å². The molecule has 0 unspecified atom stereocenters. The second-order valence-corrected chi connectivity index (χ2v) is 17.6. The Bertz CT molecular complexity index is 444. The van der Waals surface area contributed by atoms with E-state index in [1.807, 2.05) is 24.3 Å². The summed E-state index contributed by atoms with van der Waals surface area (Å²) in [6, 6.07) is 7.96. The molecule has 0 radical (unpaired) electrons. The Morgan fingerprint density at radius 2 is 0.950 bits per heavy atom. The first-order chi connectivity index (χ1) is 9.00. The van der Waals surface area contributed by atoms with E-state index in [0.717, 1.165) is 11.1 Å². The molecule has 20 heavy (non-hydrogen) atoms. The Balaban J connectivity index is 2.71. The van der Waals surface area contributed by atoms with Gasteiger partial charge in [-0.2, -0.15) is 0 Å². The molecule has 0 fully saturated rings. The summed E-state index contributed by atoms with van der Waals surface area (Å²) in [5.41, 5.74) is 2.11. The fraction of sp³-hybridized carbons (Fsp3) is 0.500. The maximum atomic E-state index is 12.0. The summed E-state index contributed by atoms with van der Waals surface area (Å²) >= 11 is 0. The molecule has 0 aliphatic carbocycles. The van der Waals surface area contributed by atoms with Crippen molar-refractivity contribution in [3.63, 3.8) is 0 Å². The van der Waals surface area contributed by atoms with Gasteiger partial charge in [0.25, 0.3) is 0 Å². The summed E-state index contributed by atoms with van der Waals surface area (Å²) in [5.74, 6) is 0. The molecule has 1 aromatic carbocycles. The zero-order valence-electron chi connectivity index (χ0n) is 13.5. The topological polar surface area (TPSA) is 34.1 Å². The number of carbonyl (C=O) groups excluding carboxylic acids is 2. The summed E-state index contributed by atoms with van der Waals surface area (Å²) in [7, 11) is -3.39. The summed E-state index contributed by atoms with van der Waals surface area (Å²) in [4.78, 5) is 24.1. The Kier molecular flexibility index (Phi) is 5.27. The predicted molar refractivity (Wildman–Crippen MR) is 90.6 cm³/mol. The van der Waals surface area contributed by atoms with Gasteiger partial charge in [0.15, 0.2) is 0 Å². The van der Waals surface area contributed by atoms with E-state index in [2.05, 4.69) is 39.3 Å². The summed E-state index contributed by atoms with van der Waals surface area (Å²) in [6.45, 7) is 12.5. The van der Waals surface area contributed by atoms with Crippen molar-refractivity contribution < 1.29 is 9.59 Å². The van der Waals surface area contributed by atoms with Gasteiger partial charge in [0, 0.05) is 12.8 Å². The van der Waals surface area contributed by atoms with Crippen molar-refractivity contribution >= 4 is 27.0 Å². The van der Waals surface area contributed by atoms with E-state index < -0.39 is 16.1 Å². The third-order valence-corrected chi connectivity index (χ3v) is 7.12. The number of rotatable bonds is 6. The van der Waals surface area contributed by atoms with Crippen LogP contribution in [0.25, 0.3) is 0 Å². The molecule has 4 heteroatoms. The number of carbonyl (C=O) groups is 2. The van der Waals surface area contributed by atoms with E-state index in [4.69, 9.17) is 0 Å². The molecule has 0 heterocycles. The van der Waals surface area contributed by atoms with Crippen LogP contribution in [0.5, 0.6) is 0 Å². The Hall–Kier alpha value is -1.01. The van der Waals surface area contributed by atoms with Crippen LogP contribution in [0.1, 0.15) is 11.1 Å². The van der Waals surface area contributed by atoms with Crippen molar-refractivity contribution in [3.8, 4) is 0 Å². The highest BCUT2D eigenvalue weighted by Crippen LogP contribution is 2.13. The van der Waals surface area contributed by atoms with Gasteiger partial charge in [0.05, 0.1) is 0 Å². The van der Waals surface area contributed by atoms with Gasteiger partial charge < -0.3 is 9.59 Å². The van der Waals surface area contributed by atoms with E-state index in [1.165, 1.54) is 0 Å². The molecule has 0 bridgehead atoms. The number of benzene rings is 1. The standard InChI is InChI=1S/C16H26O2Si2/c1-19(2,3)15(17)11-13-7-9-14(10-8-13)12-16(18)20(4,5)6/h7-10H,11-12H2,1-6H3. The lowest BCUT2D eigenvalue weighted by Crippen LogP contribution is -2.35. The van der Waals surface area contributed by atoms with Gasteiger partial charge in [-0.15, -0.1) is 0 Å². The fourth-order valence-corrected chi connectivity index (χ4v) is 3.14. The normalized spacial score (nSPS) is 12.3. The minimum atomic E-state index is -1.70. The third-order valence-electron chi connectivity index (χ3n) is 3.43. The number of hydrogen-bond acceptors (Lipinski definition) is 2. The van der Waals surface area contributed by atoms with E-state index in [-0.39, 0.29) is 0 Å². The molecule has 0 aliphatic rings. The molecule has 110 valence electrons. The van der Waals surface area contributed by atoms with Crippen LogP contribution >= 0.6 is 0 Å². The third kappa shape index (κ3) is 5.17. The lowest BCUT2D eigenvalue weighted by Gasteiger charge is -2.15. The van der Waals surface area contributed by atoms with Gasteiger partial charge in [-0.1, -0.05) is 63.5 Å². The molecule has 2 nitrogen and oxygen atoms in total. The van der Waals surface area contributed by atoms with Crippen molar-refractivity contribution in [3.05, 3.63) is 35.4 Å². The molecule has 0 N–H and O–H groups in total.